The molecule has 5 heteroatoms. The minimum atomic E-state index is -0.773. The average molecular weight is 876 g/mol. The van der Waals surface area contributed by atoms with Gasteiger partial charge in [-0.2, -0.15) is 18.6 Å². The van der Waals surface area contributed by atoms with Crippen LogP contribution in [0.2, 0.25) is 0 Å². The Balaban J connectivity index is 1.18. The minimum Gasteiger partial charge on any atom is -0.308 e. The molecule has 0 fully saturated rings. The van der Waals surface area contributed by atoms with E-state index in [2.05, 4.69) is 241 Å². The smallest absolute Gasteiger partial charge is 0.308 e. The molecule has 5 nitrogen and oxygen atoms in total. The Morgan fingerprint density at radius 1 is 0.412 bits per heavy atom. The van der Waals surface area contributed by atoms with Gasteiger partial charge in [-0.05, 0) is 88.0 Å². The molecule has 0 bridgehead atoms. The summed E-state index contributed by atoms with van der Waals surface area (Å²) in [5.74, 6) is 2.72. The Labute approximate surface area is 396 Å². The number of hydrogen-bond donors (Lipinski definition) is 0. The van der Waals surface area contributed by atoms with E-state index in [4.69, 9.17) is 0 Å². The number of nitrogens with zero attached hydrogens (tertiary/aromatic N) is 5. The van der Waals surface area contributed by atoms with Crippen LogP contribution in [-0.2, 0) is 16.5 Å². The summed E-state index contributed by atoms with van der Waals surface area (Å²) in [5.41, 5.74) is 23.5. The second-order valence-corrected chi connectivity index (χ2v) is 21.4. The molecule has 68 heavy (non-hydrogen) atoms. The van der Waals surface area contributed by atoms with Gasteiger partial charge >= 0.3 is 5.66 Å². The molecule has 0 saturated heterocycles. The van der Waals surface area contributed by atoms with Gasteiger partial charge in [-0.1, -0.05) is 151 Å². The zero-order valence-electron chi connectivity index (χ0n) is 39.1. The highest BCUT2D eigenvalue weighted by Crippen LogP contribution is 2.69. The Bertz CT molecular complexity index is 3970. The average Bonchev–Trinajstić information content (AvgIpc) is 3.87. The van der Waals surface area contributed by atoms with Crippen molar-refractivity contribution in [2.24, 2.45) is 0 Å². The quantitative estimate of drug-likeness (QED) is 0.164. The van der Waals surface area contributed by atoms with E-state index in [1.54, 1.807) is 0 Å². The van der Waals surface area contributed by atoms with Gasteiger partial charge in [0.25, 0.3) is 11.6 Å². The fourth-order valence-corrected chi connectivity index (χ4v) is 14.3. The maximum absolute atomic E-state index is 2.82. The van der Waals surface area contributed by atoms with Crippen molar-refractivity contribution in [1.82, 2.24) is 4.57 Å². The van der Waals surface area contributed by atoms with Crippen molar-refractivity contribution >= 4 is 56.1 Å². The number of aromatic nitrogens is 3. The number of para-hydroxylation sites is 3. The number of benzene rings is 7. The molecule has 0 saturated carbocycles. The lowest BCUT2D eigenvalue weighted by atomic mass is 9.63. The maximum atomic E-state index is 2.82. The molecule has 1 spiro atoms. The number of anilines is 6. The molecule has 0 N–H and O–H groups in total. The fourth-order valence-electron chi connectivity index (χ4n) is 14.3. The van der Waals surface area contributed by atoms with Crippen LogP contribution in [0.25, 0.3) is 39.0 Å². The molecule has 6 aliphatic rings. The van der Waals surface area contributed by atoms with Gasteiger partial charge in [-0.25, -0.2) is 0 Å². The van der Waals surface area contributed by atoms with E-state index in [1.165, 1.54) is 129 Å². The van der Waals surface area contributed by atoms with E-state index in [9.17, 15) is 0 Å². The summed E-state index contributed by atoms with van der Waals surface area (Å²) in [5, 5.41) is 2.57. The minimum absolute atomic E-state index is 0.149. The fraction of sp³-hybridized carbons (Fsp3) is 0.175. The lowest BCUT2D eigenvalue weighted by Gasteiger charge is -2.53. The third-order valence-electron chi connectivity index (χ3n) is 17.6. The van der Waals surface area contributed by atoms with Gasteiger partial charge in [0, 0.05) is 56.7 Å². The molecular formula is C63H49N5+2. The summed E-state index contributed by atoms with van der Waals surface area (Å²) < 4.78 is 8.27. The molecule has 16 rings (SSSR count). The van der Waals surface area contributed by atoms with E-state index >= 15 is 0 Å². The maximum Gasteiger partial charge on any atom is 0.319 e. The van der Waals surface area contributed by atoms with Gasteiger partial charge in [-0.15, -0.1) is 0 Å². The third-order valence-corrected chi connectivity index (χ3v) is 17.6. The van der Waals surface area contributed by atoms with Gasteiger partial charge in [0.1, 0.15) is 22.3 Å². The summed E-state index contributed by atoms with van der Waals surface area (Å²) in [6, 6.07) is 67.6. The topological polar surface area (TPSA) is 19.2 Å². The molecule has 9 heterocycles. The van der Waals surface area contributed by atoms with Gasteiger partial charge in [0.05, 0.1) is 17.1 Å². The third kappa shape index (κ3) is 4.01. The molecule has 10 aromatic rings. The summed E-state index contributed by atoms with van der Waals surface area (Å²) >= 11 is 0. The van der Waals surface area contributed by atoms with Crippen LogP contribution in [0.4, 0.5) is 34.3 Å². The van der Waals surface area contributed by atoms with Crippen molar-refractivity contribution in [3.63, 3.8) is 0 Å². The number of hydrogen-bond acceptors (Lipinski definition) is 2. The molecule has 0 aliphatic carbocycles. The van der Waals surface area contributed by atoms with Gasteiger partial charge < -0.3 is 4.90 Å². The molecule has 0 radical (unpaired) electrons. The number of fused-ring (bicyclic) bond motifs is 11. The SMILES string of the molecule is CC(c1ccccc1)c1cc2[n+]3c(c1)N1c4ccccc4C(C)(C)c4cc5c6c(c41)C31c3c(ccc4c7ccccc7n(c34)-c3cc(C(C)c4ccccc4)cc-2[n+]31)N6c1ccccc1C5(C)C. The molecule has 7 aromatic carbocycles. The van der Waals surface area contributed by atoms with Crippen molar-refractivity contribution in [2.45, 2.75) is 69.9 Å². The van der Waals surface area contributed by atoms with Crippen LogP contribution in [-0.4, -0.2) is 4.57 Å². The standard InChI is InChI=1S/C63H49N5/c1-36(38-19-9-7-10-20-38)40-31-52-53-32-41(37(2)39-21-11-8-12-22-39)34-55-66-50-28-18-15-25-45(50)62(5,6)47-35-46-59-57(60(47)66)63(68(53)55)56-51(64(59)49-27-17-14-24-44(49)61(46,3)4)30-29-43-42-23-13-16-26-48(42)65(58(43)56)54(33-40)67(52)63/h7-37H,1-6H3/q+2. The number of rotatable bonds is 4. The van der Waals surface area contributed by atoms with E-state index in [0.717, 1.165) is 0 Å². The molecule has 3 atom stereocenters. The molecule has 6 aliphatic heterocycles. The molecule has 324 valence electrons. The van der Waals surface area contributed by atoms with Crippen LogP contribution in [0.3, 0.4) is 0 Å². The van der Waals surface area contributed by atoms with Crippen LogP contribution in [0.15, 0.2) is 176 Å². The lowest BCUT2D eigenvalue weighted by molar-refractivity contribution is -0.931. The normalized spacial score (nSPS) is 18.9. The van der Waals surface area contributed by atoms with Gasteiger partial charge in [0.15, 0.2) is 22.6 Å². The zero-order valence-corrected chi connectivity index (χ0v) is 39.1. The lowest BCUT2D eigenvalue weighted by Crippen LogP contribution is -2.77. The van der Waals surface area contributed by atoms with Gasteiger partial charge in [-0.3, -0.25) is 0 Å². The Morgan fingerprint density at radius 2 is 0.926 bits per heavy atom. The highest BCUT2D eigenvalue weighted by molar-refractivity contribution is 6.14. The Morgan fingerprint density at radius 3 is 1.56 bits per heavy atom. The van der Waals surface area contributed by atoms with Crippen molar-refractivity contribution in [3.8, 4) is 17.2 Å². The van der Waals surface area contributed by atoms with Crippen LogP contribution < -0.4 is 18.9 Å². The van der Waals surface area contributed by atoms with Gasteiger partial charge in [0.2, 0.25) is 0 Å². The predicted octanol–water partition coefficient (Wildman–Crippen LogP) is 14.1. The summed E-state index contributed by atoms with van der Waals surface area (Å²) in [7, 11) is 0. The summed E-state index contributed by atoms with van der Waals surface area (Å²) in [6.45, 7) is 14.7. The summed E-state index contributed by atoms with van der Waals surface area (Å²) in [4.78, 5) is 5.38. The summed E-state index contributed by atoms with van der Waals surface area (Å²) in [6.07, 6.45) is 0. The van der Waals surface area contributed by atoms with E-state index < -0.39 is 5.66 Å². The first-order chi connectivity index (χ1) is 33.1. The monoisotopic (exact) mass is 875 g/mol. The van der Waals surface area contributed by atoms with Crippen molar-refractivity contribution in [2.75, 3.05) is 9.80 Å². The van der Waals surface area contributed by atoms with E-state index in [1.807, 2.05) is 0 Å². The van der Waals surface area contributed by atoms with Crippen LogP contribution in [0.1, 0.15) is 109 Å². The Hall–Kier alpha value is -7.76. The van der Waals surface area contributed by atoms with Crippen molar-refractivity contribution in [3.05, 3.63) is 232 Å². The molecule has 3 aromatic heterocycles. The predicted molar refractivity (Wildman–Crippen MR) is 273 cm³/mol. The molecule has 0 amide bonds. The highest BCUT2D eigenvalue weighted by Gasteiger charge is 2.72. The first kappa shape index (κ1) is 37.3. The second-order valence-electron chi connectivity index (χ2n) is 21.4. The Kier molecular flexibility index (Phi) is 6.61. The van der Waals surface area contributed by atoms with E-state index in [-0.39, 0.29) is 22.7 Å². The van der Waals surface area contributed by atoms with Crippen LogP contribution in [0, 0.1) is 0 Å². The number of pyridine rings is 2. The highest BCUT2D eigenvalue weighted by atomic mass is 15.5. The molecule has 3 unspecified atom stereocenters. The van der Waals surface area contributed by atoms with E-state index in [0.29, 0.717) is 0 Å². The molecular weight excluding hydrogens is 827 g/mol. The van der Waals surface area contributed by atoms with Crippen LogP contribution in [0.5, 0.6) is 0 Å². The van der Waals surface area contributed by atoms with Crippen molar-refractivity contribution < 1.29 is 9.13 Å². The first-order valence-corrected chi connectivity index (χ1v) is 24.5. The first-order valence-electron chi connectivity index (χ1n) is 24.5. The second kappa shape index (κ2) is 12.0. The van der Waals surface area contributed by atoms with Crippen LogP contribution >= 0.6 is 0 Å². The largest absolute Gasteiger partial charge is 0.319 e. The van der Waals surface area contributed by atoms with Crippen molar-refractivity contribution in [1.29, 1.82) is 0 Å². The zero-order chi connectivity index (χ0) is 45.3.